The summed E-state index contributed by atoms with van der Waals surface area (Å²) in [4.78, 5) is 10.7. The van der Waals surface area contributed by atoms with Crippen LogP contribution in [-0.2, 0) is 5.21 Å². The third kappa shape index (κ3) is 3.87. The van der Waals surface area contributed by atoms with E-state index in [1.807, 2.05) is 12.1 Å². The van der Waals surface area contributed by atoms with E-state index < -0.39 is 13.6 Å². The third-order valence-corrected chi connectivity index (χ3v) is 14.3. The van der Waals surface area contributed by atoms with E-state index in [9.17, 15) is 10.1 Å². The fourth-order valence-electron chi connectivity index (χ4n) is 3.77. The molecule has 0 spiro atoms. The fourth-order valence-corrected chi connectivity index (χ4v) is 12.7. The SMILES string of the molecule is O=[N+]([O-])c1ccc(C[As+](c2ccccc2)(c2ccccc2)c2ccccc2)cc1. The van der Waals surface area contributed by atoms with E-state index in [2.05, 4.69) is 91.0 Å². The zero-order valence-corrected chi connectivity index (χ0v) is 17.8. The molecule has 0 saturated carbocycles. The molecule has 0 amide bonds. The molecule has 0 fully saturated rings. The van der Waals surface area contributed by atoms with Gasteiger partial charge in [-0.05, 0) is 0 Å². The third-order valence-electron chi connectivity index (χ3n) is 5.16. The molecule has 0 aliphatic rings. The van der Waals surface area contributed by atoms with E-state index in [1.54, 1.807) is 12.1 Å². The molecule has 0 aliphatic heterocycles. The average Bonchev–Trinajstić information content (AvgIpc) is 2.79. The maximum atomic E-state index is 11.1. The summed E-state index contributed by atoms with van der Waals surface area (Å²) >= 11 is -2.85. The van der Waals surface area contributed by atoms with Gasteiger partial charge in [0.1, 0.15) is 0 Å². The van der Waals surface area contributed by atoms with E-state index in [0.29, 0.717) is 0 Å². The zero-order chi connectivity index (χ0) is 20.1. The summed E-state index contributed by atoms with van der Waals surface area (Å²) in [6, 6.07) is 39.2. The second kappa shape index (κ2) is 8.46. The van der Waals surface area contributed by atoms with Crippen molar-refractivity contribution < 1.29 is 4.92 Å². The van der Waals surface area contributed by atoms with Crippen molar-refractivity contribution in [3.63, 3.8) is 0 Å². The Hall–Kier alpha value is -3.16. The Bertz CT molecular complexity index is 985. The van der Waals surface area contributed by atoms with Gasteiger partial charge in [-0.25, -0.2) is 0 Å². The van der Waals surface area contributed by atoms with Gasteiger partial charge in [-0.2, -0.15) is 0 Å². The maximum absolute atomic E-state index is 11.1. The first-order valence-corrected chi connectivity index (χ1v) is 13.6. The molecule has 0 aromatic heterocycles. The van der Waals surface area contributed by atoms with Crippen LogP contribution in [0.5, 0.6) is 0 Å². The summed E-state index contributed by atoms with van der Waals surface area (Å²) < 4.78 is 4.09. The summed E-state index contributed by atoms with van der Waals surface area (Å²) in [5.41, 5.74) is 1.25. The molecule has 0 radical (unpaired) electrons. The Kier molecular flexibility index (Phi) is 5.59. The Labute approximate surface area is 173 Å². The van der Waals surface area contributed by atoms with E-state index in [0.717, 1.165) is 10.8 Å². The first-order valence-electron chi connectivity index (χ1n) is 9.48. The molecule has 0 atom stereocenters. The fraction of sp³-hybridized carbons (Fsp3) is 0.0400. The van der Waals surface area contributed by atoms with Gasteiger partial charge in [-0.3, -0.25) is 0 Å². The van der Waals surface area contributed by atoms with Crippen molar-refractivity contribution in [1.29, 1.82) is 0 Å². The predicted molar refractivity (Wildman–Crippen MR) is 121 cm³/mol. The van der Waals surface area contributed by atoms with E-state index in [1.165, 1.54) is 13.1 Å². The number of rotatable bonds is 6. The first-order chi connectivity index (χ1) is 14.2. The van der Waals surface area contributed by atoms with Gasteiger partial charge >= 0.3 is 173 Å². The summed E-state index contributed by atoms with van der Waals surface area (Å²) in [5.74, 6) is 0. The Morgan fingerprint density at radius 2 is 0.966 bits per heavy atom. The molecule has 0 unspecified atom stereocenters. The first kappa shape index (κ1) is 19.2. The molecule has 142 valence electrons. The number of hydrogen-bond acceptors (Lipinski definition) is 2. The second-order valence-corrected chi connectivity index (χ2v) is 14.2. The number of nitro groups is 1. The topological polar surface area (TPSA) is 43.1 Å². The molecule has 0 aliphatic carbocycles. The normalized spacial score (nSPS) is 11.2. The monoisotopic (exact) mass is 442 g/mol. The average molecular weight is 442 g/mol. The van der Waals surface area contributed by atoms with Gasteiger partial charge in [0.15, 0.2) is 0 Å². The number of benzene rings is 4. The van der Waals surface area contributed by atoms with Gasteiger partial charge in [-0.1, -0.05) is 0 Å². The van der Waals surface area contributed by atoms with E-state index in [-0.39, 0.29) is 10.6 Å². The molecule has 3 nitrogen and oxygen atoms in total. The second-order valence-electron chi connectivity index (χ2n) is 6.90. The van der Waals surface area contributed by atoms with Crippen LogP contribution in [0, 0.1) is 10.1 Å². The molecule has 29 heavy (non-hydrogen) atoms. The quantitative estimate of drug-likeness (QED) is 0.259. The van der Waals surface area contributed by atoms with Gasteiger partial charge in [0.2, 0.25) is 0 Å². The number of non-ortho nitro benzene ring substituents is 1. The van der Waals surface area contributed by atoms with Crippen LogP contribution in [0.1, 0.15) is 5.56 Å². The number of nitrogens with zero attached hydrogens (tertiary/aromatic N) is 1. The van der Waals surface area contributed by atoms with E-state index in [4.69, 9.17) is 0 Å². The summed E-state index contributed by atoms with van der Waals surface area (Å²) in [6.45, 7) is 0. The van der Waals surface area contributed by atoms with Crippen molar-refractivity contribution in [3.8, 4) is 0 Å². The van der Waals surface area contributed by atoms with Crippen LogP contribution in [-0.4, -0.2) is 18.5 Å². The predicted octanol–water partition coefficient (Wildman–Crippen LogP) is 3.85. The van der Waals surface area contributed by atoms with Crippen molar-refractivity contribution in [2.45, 2.75) is 5.21 Å². The molecule has 0 bridgehead atoms. The molecule has 0 heterocycles. The van der Waals surface area contributed by atoms with Gasteiger partial charge in [0, 0.05) is 0 Å². The van der Waals surface area contributed by atoms with Crippen LogP contribution >= 0.6 is 0 Å². The molecule has 4 aromatic carbocycles. The van der Waals surface area contributed by atoms with Crippen LogP contribution < -0.4 is 13.1 Å². The molecule has 4 heteroatoms. The van der Waals surface area contributed by atoms with Gasteiger partial charge in [0.05, 0.1) is 0 Å². The Morgan fingerprint density at radius 3 is 1.31 bits per heavy atom. The Morgan fingerprint density at radius 1 is 0.586 bits per heavy atom. The van der Waals surface area contributed by atoms with Crippen LogP contribution in [0.15, 0.2) is 115 Å². The molecular weight excluding hydrogens is 421 g/mol. The molecule has 4 aromatic rings. The van der Waals surface area contributed by atoms with Gasteiger partial charge in [-0.15, -0.1) is 0 Å². The van der Waals surface area contributed by atoms with Crippen LogP contribution in [0.25, 0.3) is 0 Å². The Balaban J connectivity index is 1.93. The van der Waals surface area contributed by atoms with Gasteiger partial charge in [0.25, 0.3) is 0 Å². The van der Waals surface area contributed by atoms with Crippen molar-refractivity contribution in [2.24, 2.45) is 0 Å². The summed E-state index contributed by atoms with van der Waals surface area (Å²) in [5, 5.41) is 11.9. The summed E-state index contributed by atoms with van der Waals surface area (Å²) in [6.07, 6.45) is 0. The minimum atomic E-state index is -2.85. The van der Waals surface area contributed by atoms with Crippen LogP contribution in [0.3, 0.4) is 0 Å². The zero-order valence-electron chi connectivity index (χ0n) is 15.9. The summed E-state index contributed by atoms with van der Waals surface area (Å²) in [7, 11) is 0. The number of nitro benzene ring substituents is 1. The molecular formula is C25H21AsNO2+. The van der Waals surface area contributed by atoms with Crippen molar-refractivity contribution in [3.05, 3.63) is 131 Å². The molecule has 0 saturated heterocycles. The van der Waals surface area contributed by atoms with Gasteiger partial charge < -0.3 is 0 Å². The minimum absolute atomic E-state index is 0.129. The standard InChI is InChI=1S/C25H21AsNO2/c28-27(29)25-18-16-21(17-19-25)20-26(22-10-4-1-5-11-22,23-12-6-2-7-13-23)24-14-8-3-9-15-24/h1-19H,20H2/q+1. The van der Waals surface area contributed by atoms with Crippen molar-refractivity contribution in [1.82, 2.24) is 0 Å². The van der Waals surface area contributed by atoms with Crippen LogP contribution in [0.2, 0.25) is 0 Å². The molecule has 4 rings (SSSR count). The van der Waals surface area contributed by atoms with Crippen molar-refractivity contribution >= 4 is 32.3 Å². The van der Waals surface area contributed by atoms with E-state index >= 15 is 0 Å². The van der Waals surface area contributed by atoms with Crippen molar-refractivity contribution in [2.75, 3.05) is 0 Å². The molecule has 0 N–H and O–H groups in total. The van der Waals surface area contributed by atoms with Crippen LogP contribution in [0.4, 0.5) is 5.69 Å². The number of hydrogen-bond donors (Lipinski definition) is 0.